The van der Waals surface area contributed by atoms with Crippen molar-refractivity contribution in [2.75, 3.05) is 34.2 Å². The van der Waals surface area contributed by atoms with Gasteiger partial charge in [-0.05, 0) is 39.0 Å². The molecule has 1 rings (SSSR count). The molecule has 90 valence electrons. The van der Waals surface area contributed by atoms with Gasteiger partial charge in [0.2, 0.25) is 0 Å². The van der Waals surface area contributed by atoms with Gasteiger partial charge < -0.3 is 14.9 Å². The molecule has 1 unspecified atom stereocenters. The van der Waals surface area contributed by atoms with Gasteiger partial charge in [-0.25, -0.2) is 0 Å². The van der Waals surface area contributed by atoms with E-state index in [4.69, 9.17) is 11.6 Å². The van der Waals surface area contributed by atoms with Crippen molar-refractivity contribution in [2.45, 2.75) is 6.23 Å². The Labute approximate surface area is 121 Å². The maximum absolute atomic E-state index is 12.1. The van der Waals surface area contributed by atoms with Crippen LogP contribution in [0.5, 0.6) is 0 Å². The first-order valence-corrected chi connectivity index (χ1v) is 5.65. The molecule has 0 spiro atoms. The molecule has 0 bridgehead atoms. The summed E-state index contributed by atoms with van der Waals surface area (Å²) >= 11 is 5.99. The molecule has 0 amide bonds. The van der Waals surface area contributed by atoms with E-state index in [0.717, 1.165) is 13.1 Å². The molecule has 1 aromatic carbocycles. The van der Waals surface area contributed by atoms with Gasteiger partial charge in [0.15, 0.2) is 0 Å². The number of benzene rings is 1. The Balaban J connectivity index is 0.00000256. The zero-order valence-corrected chi connectivity index (χ0v) is 11.7. The summed E-state index contributed by atoms with van der Waals surface area (Å²) in [6.45, 7) is 1.59. The zero-order chi connectivity index (χ0) is 12.1. The molecule has 1 atom stereocenters. The van der Waals surface area contributed by atoms with E-state index in [9.17, 15) is 5.11 Å². The summed E-state index contributed by atoms with van der Waals surface area (Å²) < 4.78 is 0. The second-order valence-corrected chi connectivity index (χ2v) is 4.56. The van der Waals surface area contributed by atoms with Crippen molar-refractivity contribution in [3.05, 3.63) is 34.9 Å². The minimum absolute atomic E-state index is 0. The van der Waals surface area contributed by atoms with Gasteiger partial charge in [-0.1, -0.05) is 29.8 Å². The van der Waals surface area contributed by atoms with Crippen LogP contribution in [0.2, 0.25) is 5.02 Å². The number of rotatable bonds is 5. The second-order valence-electron chi connectivity index (χ2n) is 4.16. The molecule has 0 aliphatic heterocycles. The molecule has 0 heterocycles. The number of hydrogen-bond acceptors (Lipinski definition) is 3. The molecule has 0 N–H and O–H groups in total. The van der Waals surface area contributed by atoms with Crippen LogP contribution in [-0.2, 0) is 0 Å². The summed E-state index contributed by atoms with van der Waals surface area (Å²) in [5, 5.41) is 12.6. The Hall–Kier alpha value is -0.0126. The Kier molecular flexibility index (Phi) is 8.15. The van der Waals surface area contributed by atoms with Crippen LogP contribution in [0, 0.1) is 0 Å². The average molecular weight is 249 g/mol. The van der Waals surface area contributed by atoms with Gasteiger partial charge in [-0.15, -0.1) is 0 Å². The summed E-state index contributed by atoms with van der Waals surface area (Å²) in [6.07, 6.45) is -0.895. The van der Waals surface area contributed by atoms with E-state index in [2.05, 4.69) is 4.90 Å². The molecule has 0 radical (unpaired) electrons. The summed E-state index contributed by atoms with van der Waals surface area (Å²) in [7, 11) is 5.80. The standard InChI is InChI=1S/C12H18ClN2O.Li/c1-14(2)8-9-15(3)12(16)10-6-4-5-7-11(10)13;/h4-7,12H,8-9H2,1-3H3;/q-1;+1. The molecule has 0 saturated heterocycles. The fourth-order valence-corrected chi connectivity index (χ4v) is 1.62. The van der Waals surface area contributed by atoms with Gasteiger partial charge in [0.1, 0.15) is 0 Å². The SMILES string of the molecule is CN(C)CCN(C)C([O-])c1ccccc1Cl.[Li+]. The largest absolute Gasteiger partial charge is 1.00 e. The van der Waals surface area contributed by atoms with E-state index in [1.54, 1.807) is 17.0 Å². The van der Waals surface area contributed by atoms with Crippen molar-refractivity contribution >= 4 is 11.6 Å². The normalized spacial score (nSPS) is 12.6. The Morgan fingerprint density at radius 2 is 1.76 bits per heavy atom. The third-order valence-corrected chi connectivity index (χ3v) is 2.82. The van der Waals surface area contributed by atoms with Crippen molar-refractivity contribution in [2.24, 2.45) is 0 Å². The Bertz CT molecular complexity index is 336. The molecule has 3 nitrogen and oxygen atoms in total. The van der Waals surface area contributed by atoms with Crippen molar-refractivity contribution in [3.63, 3.8) is 0 Å². The summed E-state index contributed by atoms with van der Waals surface area (Å²) in [6, 6.07) is 7.21. The summed E-state index contributed by atoms with van der Waals surface area (Å²) in [5.41, 5.74) is 0.644. The summed E-state index contributed by atoms with van der Waals surface area (Å²) in [4.78, 5) is 3.82. The van der Waals surface area contributed by atoms with Crippen molar-refractivity contribution in [1.82, 2.24) is 9.80 Å². The van der Waals surface area contributed by atoms with Crippen LogP contribution in [0.4, 0.5) is 0 Å². The van der Waals surface area contributed by atoms with E-state index in [-0.39, 0.29) is 18.9 Å². The predicted octanol–water partition coefficient (Wildman–Crippen LogP) is -1.80. The fourth-order valence-electron chi connectivity index (χ4n) is 1.39. The first kappa shape index (κ1) is 17.0. The maximum Gasteiger partial charge on any atom is 1.00 e. The first-order chi connectivity index (χ1) is 7.52. The van der Waals surface area contributed by atoms with Gasteiger partial charge in [0.25, 0.3) is 0 Å². The molecule has 0 aliphatic rings. The first-order valence-electron chi connectivity index (χ1n) is 5.27. The summed E-state index contributed by atoms with van der Waals surface area (Å²) in [5.74, 6) is 0. The van der Waals surface area contributed by atoms with Gasteiger partial charge in [-0.2, -0.15) is 0 Å². The van der Waals surface area contributed by atoms with Crippen LogP contribution in [0.1, 0.15) is 11.8 Å². The topological polar surface area (TPSA) is 29.5 Å². The molecule has 5 heteroatoms. The van der Waals surface area contributed by atoms with E-state index < -0.39 is 6.23 Å². The van der Waals surface area contributed by atoms with E-state index >= 15 is 0 Å². The third-order valence-electron chi connectivity index (χ3n) is 2.47. The minimum atomic E-state index is -0.895. The molecule has 0 saturated carbocycles. The number of hydrogen-bond donors (Lipinski definition) is 0. The molecule has 0 aliphatic carbocycles. The van der Waals surface area contributed by atoms with Crippen molar-refractivity contribution in [3.8, 4) is 0 Å². The van der Waals surface area contributed by atoms with Crippen LogP contribution in [-0.4, -0.2) is 44.0 Å². The third kappa shape index (κ3) is 5.44. The molecule has 1 aromatic rings. The van der Waals surface area contributed by atoms with Crippen LogP contribution >= 0.6 is 11.6 Å². The Morgan fingerprint density at radius 3 is 2.29 bits per heavy atom. The number of halogens is 1. The molecular weight excluding hydrogens is 231 g/mol. The maximum atomic E-state index is 12.1. The van der Waals surface area contributed by atoms with Crippen molar-refractivity contribution < 1.29 is 24.0 Å². The quantitative estimate of drug-likeness (QED) is 0.455. The number of likely N-dealkylation sites (N-methyl/N-ethyl adjacent to an activating group) is 2. The van der Waals surface area contributed by atoms with E-state index in [1.165, 1.54) is 0 Å². The fraction of sp³-hybridized carbons (Fsp3) is 0.500. The minimum Gasteiger partial charge on any atom is -0.837 e. The predicted molar refractivity (Wildman–Crippen MR) is 65.4 cm³/mol. The molecule has 0 fully saturated rings. The monoisotopic (exact) mass is 248 g/mol. The molecule has 17 heavy (non-hydrogen) atoms. The van der Waals surface area contributed by atoms with Gasteiger partial charge >= 0.3 is 18.9 Å². The molecular formula is C12H18ClLiN2O. The van der Waals surface area contributed by atoms with Crippen molar-refractivity contribution in [1.29, 1.82) is 0 Å². The van der Waals surface area contributed by atoms with Gasteiger partial charge in [-0.3, -0.25) is 0 Å². The van der Waals surface area contributed by atoms with E-state index in [0.29, 0.717) is 10.6 Å². The van der Waals surface area contributed by atoms with Crippen LogP contribution in [0.3, 0.4) is 0 Å². The van der Waals surface area contributed by atoms with Crippen LogP contribution in [0.25, 0.3) is 0 Å². The molecule has 0 aromatic heterocycles. The van der Waals surface area contributed by atoms with Gasteiger partial charge in [0, 0.05) is 18.1 Å². The van der Waals surface area contributed by atoms with Crippen LogP contribution in [0.15, 0.2) is 24.3 Å². The average Bonchev–Trinajstić information content (AvgIpc) is 2.25. The Morgan fingerprint density at radius 1 is 1.18 bits per heavy atom. The zero-order valence-electron chi connectivity index (χ0n) is 11.0. The second kappa shape index (κ2) is 8.15. The van der Waals surface area contributed by atoms with Crippen LogP contribution < -0.4 is 24.0 Å². The number of nitrogens with zero attached hydrogens (tertiary/aromatic N) is 2. The van der Waals surface area contributed by atoms with Gasteiger partial charge in [0.05, 0.1) is 0 Å². The van der Waals surface area contributed by atoms with E-state index in [1.807, 2.05) is 33.3 Å². The smallest absolute Gasteiger partial charge is 0.837 e.